The van der Waals surface area contributed by atoms with Crippen LogP contribution in [0.1, 0.15) is 11.1 Å². The van der Waals surface area contributed by atoms with Crippen LogP contribution in [-0.4, -0.2) is 12.0 Å². The van der Waals surface area contributed by atoms with Crippen molar-refractivity contribution in [2.75, 3.05) is 11.9 Å². The molecule has 0 amide bonds. The highest BCUT2D eigenvalue weighted by Gasteiger charge is 2.11. The van der Waals surface area contributed by atoms with E-state index in [1.807, 2.05) is 24.1 Å². The van der Waals surface area contributed by atoms with Crippen molar-refractivity contribution in [3.05, 3.63) is 58.6 Å². The van der Waals surface area contributed by atoms with E-state index < -0.39 is 0 Å². The predicted molar refractivity (Wildman–Crippen MR) is 86.6 cm³/mol. The molecule has 0 aliphatic rings. The van der Waals surface area contributed by atoms with Crippen LogP contribution in [0.25, 0.3) is 0 Å². The number of hydrogen-bond donors (Lipinski definition) is 1. The standard InChI is InChI=1S/C15H15ClN2S/c1-10-3-6-12(7-4-10)18(2)14-9-11(16)5-8-13(14)15(17)19/h3-9H,1-2H3,(H2,17,19). The first-order valence-corrected chi connectivity index (χ1v) is 6.67. The van der Waals surface area contributed by atoms with E-state index in [9.17, 15) is 0 Å². The zero-order valence-electron chi connectivity index (χ0n) is 10.9. The van der Waals surface area contributed by atoms with Gasteiger partial charge in [-0.05, 0) is 37.3 Å². The maximum Gasteiger partial charge on any atom is 0.106 e. The lowest BCUT2D eigenvalue weighted by molar-refractivity contribution is 1.20. The summed E-state index contributed by atoms with van der Waals surface area (Å²) in [5.74, 6) is 0. The predicted octanol–water partition coefficient (Wildman–Crippen LogP) is 4.05. The molecule has 2 rings (SSSR count). The third kappa shape index (κ3) is 3.06. The number of halogens is 1. The van der Waals surface area contributed by atoms with Gasteiger partial charge in [0.2, 0.25) is 0 Å². The molecule has 0 spiro atoms. The Balaban J connectivity index is 2.48. The van der Waals surface area contributed by atoms with Crippen molar-refractivity contribution < 1.29 is 0 Å². The Morgan fingerprint density at radius 2 is 1.79 bits per heavy atom. The van der Waals surface area contributed by atoms with E-state index in [-0.39, 0.29) is 0 Å². The number of hydrogen-bond acceptors (Lipinski definition) is 2. The van der Waals surface area contributed by atoms with E-state index in [0.717, 1.165) is 16.9 Å². The van der Waals surface area contributed by atoms with Gasteiger partial charge in [0.05, 0.1) is 5.69 Å². The van der Waals surface area contributed by atoms with Crippen molar-refractivity contribution >= 4 is 40.2 Å². The normalized spacial score (nSPS) is 10.3. The zero-order valence-corrected chi connectivity index (χ0v) is 12.4. The summed E-state index contributed by atoms with van der Waals surface area (Å²) in [6.45, 7) is 2.06. The van der Waals surface area contributed by atoms with Crippen LogP contribution in [0.4, 0.5) is 11.4 Å². The average Bonchev–Trinajstić information content (AvgIpc) is 2.38. The Bertz CT molecular complexity index is 608. The third-order valence-electron chi connectivity index (χ3n) is 3.01. The first kappa shape index (κ1) is 13.8. The number of nitrogens with two attached hydrogens (primary N) is 1. The minimum absolute atomic E-state index is 0.366. The second kappa shape index (κ2) is 5.59. The van der Waals surface area contributed by atoms with Crippen LogP contribution in [0.5, 0.6) is 0 Å². The molecule has 19 heavy (non-hydrogen) atoms. The molecule has 0 heterocycles. The molecule has 0 atom stereocenters. The van der Waals surface area contributed by atoms with Crippen molar-refractivity contribution in [3.8, 4) is 0 Å². The Kier molecular flexibility index (Phi) is 4.08. The molecule has 2 aromatic carbocycles. The van der Waals surface area contributed by atoms with Crippen molar-refractivity contribution in [1.82, 2.24) is 0 Å². The summed E-state index contributed by atoms with van der Waals surface area (Å²) in [6.07, 6.45) is 0. The molecular weight excluding hydrogens is 276 g/mol. The summed E-state index contributed by atoms with van der Waals surface area (Å²) in [5, 5.41) is 0.661. The minimum atomic E-state index is 0.366. The molecule has 4 heteroatoms. The molecule has 0 saturated carbocycles. The monoisotopic (exact) mass is 290 g/mol. The zero-order chi connectivity index (χ0) is 14.0. The second-order valence-corrected chi connectivity index (χ2v) is 5.30. The van der Waals surface area contributed by atoms with Crippen LogP contribution in [-0.2, 0) is 0 Å². The van der Waals surface area contributed by atoms with Gasteiger partial charge in [-0.25, -0.2) is 0 Å². The van der Waals surface area contributed by atoms with Crippen molar-refractivity contribution in [2.45, 2.75) is 6.92 Å². The molecule has 0 aromatic heterocycles. The molecular formula is C15H15ClN2S. The lowest BCUT2D eigenvalue weighted by Crippen LogP contribution is -2.17. The highest BCUT2D eigenvalue weighted by molar-refractivity contribution is 7.80. The number of benzene rings is 2. The molecule has 0 fully saturated rings. The molecule has 0 bridgehead atoms. The number of rotatable bonds is 3. The summed E-state index contributed by atoms with van der Waals surface area (Å²) in [7, 11) is 1.97. The Morgan fingerprint density at radius 3 is 2.37 bits per heavy atom. The van der Waals surface area contributed by atoms with Crippen molar-refractivity contribution in [1.29, 1.82) is 0 Å². The molecule has 0 unspecified atom stereocenters. The summed E-state index contributed by atoms with van der Waals surface area (Å²) < 4.78 is 0. The second-order valence-electron chi connectivity index (χ2n) is 4.42. The van der Waals surface area contributed by atoms with Gasteiger partial charge >= 0.3 is 0 Å². The fourth-order valence-corrected chi connectivity index (χ4v) is 2.24. The maximum atomic E-state index is 6.07. The van der Waals surface area contributed by atoms with Gasteiger partial charge in [-0.15, -0.1) is 0 Å². The number of nitrogens with zero attached hydrogens (tertiary/aromatic N) is 1. The van der Waals surface area contributed by atoms with Crippen molar-refractivity contribution in [2.24, 2.45) is 5.73 Å². The van der Waals surface area contributed by atoms with Crippen LogP contribution in [0.2, 0.25) is 5.02 Å². The summed E-state index contributed by atoms with van der Waals surface area (Å²) in [6, 6.07) is 13.8. The fraction of sp³-hybridized carbons (Fsp3) is 0.133. The molecule has 0 aliphatic carbocycles. The Labute approximate surface area is 123 Å². The van der Waals surface area contributed by atoms with Crippen LogP contribution in [0, 0.1) is 6.92 Å². The van der Waals surface area contributed by atoms with Gasteiger partial charge in [0.25, 0.3) is 0 Å². The number of aryl methyl sites for hydroxylation is 1. The van der Waals surface area contributed by atoms with Gasteiger partial charge in [0.1, 0.15) is 4.99 Å². The van der Waals surface area contributed by atoms with E-state index in [1.165, 1.54) is 5.56 Å². The number of thiocarbonyl (C=S) groups is 1. The van der Waals surface area contributed by atoms with E-state index in [2.05, 4.69) is 31.2 Å². The molecule has 2 nitrogen and oxygen atoms in total. The van der Waals surface area contributed by atoms with Gasteiger partial charge in [0.15, 0.2) is 0 Å². The summed E-state index contributed by atoms with van der Waals surface area (Å²) in [4.78, 5) is 2.39. The SMILES string of the molecule is Cc1ccc(N(C)c2cc(Cl)ccc2C(N)=S)cc1. The first-order chi connectivity index (χ1) is 8.99. The van der Waals surface area contributed by atoms with Crippen molar-refractivity contribution in [3.63, 3.8) is 0 Å². The van der Waals surface area contributed by atoms with E-state index >= 15 is 0 Å². The largest absolute Gasteiger partial charge is 0.389 e. The quantitative estimate of drug-likeness (QED) is 0.865. The Hall–Kier alpha value is -1.58. The number of anilines is 2. The van der Waals surface area contributed by atoms with E-state index in [0.29, 0.717) is 10.0 Å². The van der Waals surface area contributed by atoms with Gasteiger partial charge in [-0.3, -0.25) is 0 Å². The molecule has 2 aromatic rings. The highest BCUT2D eigenvalue weighted by Crippen LogP contribution is 2.29. The molecule has 98 valence electrons. The Morgan fingerprint density at radius 1 is 1.16 bits per heavy atom. The van der Waals surface area contributed by atoms with Gasteiger partial charge in [-0.2, -0.15) is 0 Å². The smallest absolute Gasteiger partial charge is 0.106 e. The topological polar surface area (TPSA) is 29.3 Å². The van der Waals surface area contributed by atoms with E-state index in [4.69, 9.17) is 29.6 Å². The molecule has 0 radical (unpaired) electrons. The van der Waals surface area contributed by atoms with Gasteiger partial charge < -0.3 is 10.6 Å². The molecule has 2 N–H and O–H groups in total. The lowest BCUT2D eigenvalue weighted by atomic mass is 10.1. The maximum absolute atomic E-state index is 6.07. The van der Waals surface area contributed by atoms with Gasteiger partial charge in [0, 0.05) is 23.3 Å². The molecule has 0 saturated heterocycles. The van der Waals surface area contributed by atoms with Crippen LogP contribution in [0.3, 0.4) is 0 Å². The summed E-state index contributed by atoms with van der Waals surface area (Å²) in [5.41, 5.74) is 9.78. The summed E-state index contributed by atoms with van der Waals surface area (Å²) >= 11 is 11.2. The first-order valence-electron chi connectivity index (χ1n) is 5.89. The van der Waals surface area contributed by atoms with Crippen LogP contribution >= 0.6 is 23.8 Å². The molecule has 0 aliphatic heterocycles. The third-order valence-corrected chi connectivity index (χ3v) is 3.46. The average molecular weight is 291 g/mol. The lowest BCUT2D eigenvalue weighted by Gasteiger charge is -2.22. The van der Waals surface area contributed by atoms with Crippen LogP contribution in [0.15, 0.2) is 42.5 Å². The fourth-order valence-electron chi connectivity index (χ4n) is 1.90. The highest BCUT2D eigenvalue weighted by atomic mass is 35.5. The minimum Gasteiger partial charge on any atom is -0.389 e. The van der Waals surface area contributed by atoms with E-state index in [1.54, 1.807) is 6.07 Å². The van der Waals surface area contributed by atoms with Crippen LogP contribution < -0.4 is 10.6 Å². The van der Waals surface area contributed by atoms with Gasteiger partial charge in [-0.1, -0.05) is 41.5 Å².